The molecule has 158 valence electrons. The maximum Gasteiger partial charge on any atom is 0.253 e. The average molecular weight is 426 g/mol. The van der Waals surface area contributed by atoms with Crippen LogP contribution in [0.5, 0.6) is 0 Å². The Balaban J connectivity index is 1.78. The van der Waals surface area contributed by atoms with Gasteiger partial charge in [0.1, 0.15) is 6.54 Å². The molecule has 1 aromatic carbocycles. The van der Waals surface area contributed by atoms with Crippen molar-refractivity contribution < 1.29 is 18.4 Å². The minimum atomic E-state index is -2.58. The molecule has 1 N–H and O–H groups in total. The number of nitrogens with one attached hydrogen (secondary N) is 1. The van der Waals surface area contributed by atoms with Crippen molar-refractivity contribution in [1.29, 1.82) is 0 Å². The zero-order valence-corrected chi connectivity index (χ0v) is 17.4. The van der Waals surface area contributed by atoms with Gasteiger partial charge in [0.05, 0.1) is 16.1 Å². The highest BCUT2D eigenvalue weighted by molar-refractivity contribution is 6.36. The molecular formula is C21H26ClF2N3O2. The summed E-state index contributed by atoms with van der Waals surface area (Å²) in [6, 6.07) is 5.30. The standard InChI is InChI=1S/C21H26ClF2N3O2/c1-3-26(2)18(28)13-27-12-15(19-16(22)5-4-6-17(19)27)20(29)25-11-14-7-9-21(23,24)10-8-14/h4-6,12,14H,3,7-11,13H2,1-2H3,(H,25,29). The highest BCUT2D eigenvalue weighted by Crippen LogP contribution is 2.36. The molecule has 0 radical (unpaired) electrons. The predicted molar refractivity (Wildman–Crippen MR) is 109 cm³/mol. The van der Waals surface area contributed by atoms with Crippen molar-refractivity contribution in [2.75, 3.05) is 20.1 Å². The second-order valence-electron chi connectivity index (χ2n) is 7.72. The van der Waals surface area contributed by atoms with Crippen LogP contribution in [-0.4, -0.2) is 47.3 Å². The number of amides is 2. The summed E-state index contributed by atoms with van der Waals surface area (Å²) in [5, 5.41) is 3.89. The lowest BCUT2D eigenvalue weighted by Gasteiger charge is -2.28. The Kier molecular flexibility index (Phi) is 6.46. The lowest BCUT2D eigenvalue weighted by molar-refractivity contribution is -0.130. The Hall–Kier alpha value is -2.15. The van der Waals surface area contributed by atoms with Crippen molar-refractivity contribution in [2.45, 2.75) is 45.1 Å². The van der Waals surface area contributed by atoms with Crippen LogP contribution in [-0.2, 0) is 11.3 Å². The lowest BCUT2D eigenvalue weighted by Crippen LogP contribution is -2.33. The molecule has 3 rings (SSSR count). The van der Waals surface area contributed by atoms with Gasteiger partial charge in [-0.05, 0) is 37.8 Å². The molecular weight excluding hydrogens is 400 g/mol. The molecule has 0 aliphatic heterocycles. The Labute approximate surface area is 174 Å². The number of fused-ring (bicyclic) bond motifs is 1. The molecule has 1 aliphatic carbocycles. The van der Waals surface area contributed by atoms with Gasteiger partial charge in [-0.25, -0.2) is 8.78 Å². The molecule has 0 unspecified atom stereocenters. The van der Waals surface area contributed by atoms with Gasteiger partial charge >= 0.3 is 0 Å². The van der Waals surface area contributed by atoms with Crippen molar-refractivity contribution >= 4 is 34.3 Å². The Morgan fingerprint density at radius 2 is 2.00 bits per heavy atom. The molecule has 0 spiro atoms. The largest absolute Gasteiger partial charge is 0.352 e. The summed E-state index contributed by atoms with van der Waals surface area (Å²) in [7, 11) is 1.72. The van der Waals surface area contributed by atoms with Gasteiger partial charge in [0.15, 0.2) is 0 Å². The number of benzene rings is 1. The topological polar surface area (TPSA) is 54.3 Å². The van der Waals surface area contributed by atoms with E-state index in [0.29, 0.717) is 47.4 Å². The van der Waals surface area contributed by atoms with E-state index in [1.165, 1.54) is 0 Å². The first kappa shape index (κ1) is 21.6. The maximum absolute atomic E-state index is 13.3. The molecule has 5 nitrogen and oxygen atoms in total. The average Bonchev–Trinajstić information content (AvgIpc) is 3.06. The number of nitrogens with zero attached hydrogens (tertiary/aromatic N) is 2. The number of hydrogen-bond donors (Lipinski definition) is 1. The van der Waals surface area contributed by atoms with Crippen LogP contribution >= 0.6 is 11.6 Å². The molecule has 0 bridgehead atoms. The Morgan fingerprint density at radius 3 is 2.66 bits per heavy atom. The Bertz CT molecular complexity index is 903. The molecule has 1 aliphatic rings. The molecule has 2 amide bonds. The molecule has 0 saturated heterocycles. The van der Waals surface area contributed by atoms with E-state index in [1.54, 1.807) is 34.8 Å². The maximum atomic E-state index is 13.3. The summed E-state index contributed by atoms with van der Waals surface area (Å²) < 4.78 is 28.4. The second-order valence-corrected chi connectivity index (χ2v) is 8.13. The van der Waals surface area contributed by atoms with E-state index in [0.717, 1.165) is 0 Å². The number of rotatable bonds is 6. The molecule has 1 saturated carbocycles. The SMILES string of the molecule is CCN(C)C(=O)Cn1cc(C(=O)NCC2CCC(F)(F)CC2)c2c(Cl)cccc21. The summed E-state index contributed by atoms with van der Waals surface area (Å²) in [5.41, 5.74) is 1.09. The van der Waals surface area contributed by atoms with E-state index in [4.69, 9.17) is 11.6 Å². The number of carbonyl (C=O) groups excluding carboxylic acids is 2. The highest BCUT2D eigenvalue weighted by atomic mass is 35.5. The first-order valence-electron chi connectivity index (χ1n) is 9.89. The van der Waals surface area contributed by atoms with Crippen molar-refractivity contribution in [3.8, 4) is 0 Å². The van der Waals surface area contributed by atoms with Gasteiger partial charge in [0.25, 0.3) is 5.91 Å². The van der Waals surface area contributed by atoms with Gasteiger partial charge in [0, 0.05) is 44.6 Å². The van der Waals surface area contributed by atoms with Crippen LogP contribution in [0, 0.1) is 5.92 Å². The van der Waals surface area contributed by atoms with Crippen LogP contribution < -0.4 is 5.32 Å². The summed E-state index contributed by atoms with van der Waals surface area (Å²) >= 11 is 6.35. The molecule has 1 aromatic heterocycles. The van der Waals surface area contributed by atoms with Gasteiger partial charge in [-0.15, -0.1) is 0 Å². The summed E-state index contributed by atoms with van der Waals surface area (Å²) in [6.07, 6.45) is 2.17. The van der Waals surface area contributed by atoms with Crippen LogP contribution in [0.25, 0.3) is 10.9 Å². The number of aromatic nitrogens is 1. The molecule has 0 atom stereocenters. The molecule has 29 heavy (non-hydrogen) atoms. The minimum Gasteiger partial charge on any atom is -0.352 e. The smallest absolute Gasteiger partial charge is 0.253 e. The minimum absolute atomic E-state index is 0.0437. The van der Waals surface area contributed by atoms with E-state index in [1.807, 2.05) is 13.0 Å². The summed E-state index contributed by atoms with van der Waals surface area (Å²) in [6.45, 7) is 2.94. The van der Waals surface area contributed by atoms with Crippen LogP contribution in [0.3, 0.4) is 0 Å². The van der Waals surface area contributed by atoms with Gasteiger partial charge in [0.2, 0.25) is 11.8 Å². The summed E-state index contributed by atoms with van der Waals surface area (Å²) in [5.74, 6) is -2.92. The van der Waals surface area contributed by atoms with E-state index < -0.39 is 5.92 Å². The van der Waals surface area contributed by atoms with Crippen LogP contribution in [0.1, 0.15) is 43.0 Å². The van der Waals surface area contributed by atoms with Crippen LogP contribution in [0.15, 0.2) is 24.4 Å². The molecule has 1 fully saturated rings. The zero-order chi connectivity index (χ0) is 21.2. The third-order valence-corrected chi connectivity index (χ3v) is 6.01. The van der Waals surface area contributed by atoms with Crippen molar-refractivity contribution in [3.63, 3.8) is 0 Å². The number of hydrogen-bond acceptors (Lipinski definition) is 2. The monoisotopic (exact) mass is 425 g/mol. The fourth-order valence-corrected chi connectivity index (χ4v) is 3.96. The van der Waals surface area contributed by atoms with Crippen LogP contribution in [0.2, 0.25) is 5.02 Å². The second kappa shape index (κ2) is 8.69. The molecule has 2 aromatic rings. The predicted octanol–water partition coefficient (Wildman–Crippen LogP) is 4.33. The van der Waals surface area contributed by atoms with E-state index in [-0.39, 0.29) is 37.1 Å². The number of alkyl halides is 2. The normalized spacial score (nSPS) is 16.7. The van der Waals surface area contributed by atoms with Gasteiger partial charge in [-0.3, -0.25) is 9.59 Å². The fraction of sp³-hybridized carbons (Fsp3) is 0.524. The van der Waals surface area contributed by atoms with Crippen molar-refractivity contribution in [2.24, 2.45) is 5.92 Å². The van der Waals surface area contributed by atoms with E-state index in [2.05, 4.69) is 5.32 Å². The van der Waals surface area contributed by atoms with Gasteiger partial charge < -0.3 is 14.8 Å². The van der Waals surface area contributed by atoms with Crippen molar-refractivity contribution in [3.05, 3.63) is 35.0 Å². The zero-order valence-electron chi connectivity index (χ0n) is 16.7. The third kappa shape index (κ3) is 4.89. The third-order valence-electron chi connectivity index (χ3n) is 5.69. The highest BCUT2D eigenvalue weighted by Gasteiger charge is 2.35. The fourth-order valence-electron chi connectivity index (χ4n) is 3.69. The lowest BCUT2D eigenvalue weighted by atomic mass is 9.87. The summed E-state index contributed by atoms with van der Waals surface area (Å²) in [4.78, 5) is 26.8. The van der Waals surface area contributed by atoms with Crippen LogP contribution in [0.4, 0.5) is 8.78 Å². The van der Waals surface area contributed by atoms with E-state index >= 15 is 0 Å². The van der Waals surface area contributed by atoms with Gasteiger partial charge in [-0.2, -0.15) is 0 Å². The molecule has 8 heteroatoms. The molecule has 1 heterocycles. The van der Waals surface area contributed by atoms with Crippen molar-refractivity contribution in [1.82, 2.24) is 14.8 Å². The first-order chi connectivity index (χ1) is 13.7. The van der Waals surface area contributed by atoms with E-state index in [9.17, 15) is 18.4 Å². The van der Waals surface area contributed by atoms with Gasteiger partial charge in [-0.1, -0.05) is 17.7 Å². The Morgan fingerprint density at radius 1 is 1.31 bits per heavy atom. The number of likely N-dealkylation sites (N-methyl/N-ethyl adjacent to an activating group) is 1. The number of carbonyl (C=O) groups is 2. The number of halogens is 3. The quantitative estimate of drug-likeness (QED) is 0.749. The first-order valence-corrected chi connectivity index (χ1v) is 10.3.